The van der Waals surface area contributed by atoms with Crippen molar-refractivity contribution in [1.82, 2.24) is 14.5 Å². The van der Waals surface area contributed by atoms with E-state index in [2.05, 4.69) is 11.6 Å². The zero-order valence-corrected chi connectivity index (χ0v) is 18.2. The summed E-state index contributed by atoms with van der Waals surface area (Å²) in [6, 6.07) is 9.15. The lowest BCUT2D eigenvalue weighted by molar-refractivity contribution is -0.138. The van der Waals surface area contributed by atoms with Crippen LogP contribution in [0.4, 0.5) is 0 Å². The van der Waals surface area contributed by atoms with Crippen molar-refractivity contribution in [2.45, 2.75) is 31.9 Å². The normalized spacial score (nSPS) is 16.1. The van der Waals surface area contributed by atoms with Gasteiger partial charge in [0.05, 0.1) is 24.2 Å². The Balaban J connectivity index is 1.59. The number of nitrogens with zero attached hydrogens (tertiary/aromatic N) is 3. The van der Waals surface area contributed by atoms with E-state index in [1.807, 2.05) is 18.2 Å². The number of allylic oxidation sites excluding steroid dienone is 2. The summed E-state index contributed by atoms with van der Waals surface area (Å²) >= 11 is 5.95. The van der Waals surface area contributed by atoms with Crippen molar-refractivity contribution >= 4 is 23.6 Å². The highest BCUT2D eigenvalue weighted by Gasteiger charge is 2.34. The number of benzene rings is 1. The fraction of sp³-hybridized carbons (Fsp3) is 0.348. The lowest BCUT2D eigenvalue weighted by atomic mass is 9.91. The molecule has 1 aliphatic heterocycles. The molecular weight excluding hydrogens is 418 g/mol. The summed E-state index contributed by atoms with van der Waals surface area (Å²) in [6.07, 6.45) is 5.18. The molecule has 0 unspecified atom stereocenters. The van der Waals surface area contributed by atoms with Crippen LogP contribution in [0.1, 0.15) is 24.1 Å². The van der Waals surface area contributed by atoms with E-state index in [0.29, 0.717) is 48.0 Å². The monoisotopic (exact) mass is 443 g/mol. The van der Waals surface area contributed by atoms with Gasteiger partial charge in [0, 0.05) is 23.7 Å². The van der Waals surface area contributed by atoms with Crippen LogP contribution in [-0.4, -0.2) is 50.8 Å². The Kier molecular flexibility index (Phi) is 7.30. The number of piperidine rings is 1. The van der Waals surface area contributed by atoms with Crippen molar-refractivity contribution < 1.29 is 14.6 Å². The molecule has 1 saturated heterocycles. The molecule has 0 radical (unpaired) electrons. The van der Waals surface area contributed by atoms with E-state index in [1.165, 1.54) is 17.0 Å². The molecule has 1 aliphatic rings. The van der Waals surface area contributed by atoms with Crippen LogP contribution in [0.15, 0.2) is 59.1 Å². The van der Waals surface area contributed by atoms with Gasteiger partial charge in [0.15, 0.2) is 6.61 Å². The number of hydrogen-bond acceptors (Lipinski definition) is 5. The third kappa shape index (κ3) is 5.83. The number of halogens is 1. The van der Waals surface area contributed by atoms with Crippen molar-refractivity contribution in [3.63, 3.8) is 0 Å². The van der Waals surface area contributed by atoms with Crippen LogP contribution in [-0.2, 0) is 11.3 Å². The topological polar surface area (TPSA) is 84.7 Å². The van der Waals surface area contributed by atoms with Gasteiger partial charge in [-0.25, -0.2) is 4.98 Å². The maximum Gasteiger partial charge on any atom is 0.260 e. The minimum Gasteiger partial charge on any atom is -0.484 e. The number of rotatable bonds is 7. The van der Waals surface area contributed by atoms with E-state index in [4.69, 9.17) is 16.3 Å². The molecule has 1 fully saturated rings. The second-order valence-electron chi connectivity index (χ2n) is 7.63. The fourth-order valence-corrected chi connectivity index (χ4v) is 3.56. The number of aliphatic hydroxyl groups is 1. The van der Waals surface area contributed by atoms with Crippen molar-refractivity contribution in [2.75, 3.05) is 19.7 Å². The Bertz CT molecular complexity index is 1020. The zero-order valence-electron chi connectivity index (χ0n) is 17.5. The molecule has 0 saturated carbocycles. The van der Waals surface area contributed by atoms with Gasteiger partial charge >= 0.3 is 0 Å². The van der Waals surface area contributed by atoms with Crippen LogP contribution < -0.4 is 10.3 Å². The Morgan fingerprint density at radius 3 is 2.65 bits per heavy atom. The van der Waals surface area contributed by atoms with Crippen molar-refractivity contribution in [3.8, 4) is 5.75 Å². The van der Waals surface area contributed by atoms with Gasteiger partial charge in [-0.1, -0.05) is 42.5 Å². The van der Waals surface area contributed by atoms with Crippen molar-refractivity contribution in [1.29, 1.82) is 0 Å². The number of carbonyl (C=O) groups excluding carboxylic acids is 1. The minimum absolute atomic E-state index is 0.0484. The van der Waals surface area contributed by atoms with E-state index in [-0.39, 0.29) is 24.6 Å². The van der Waals surface area contributed by atoms with E-state index in [9.17, 15) is 14.7 Å². The first-order valence-corrected chi connectivity index (χ1v) is 10.4. The number of hydrogen-bond donors (Lipinski definition) is 1. The average molecular weight is 444 g/mol. The van der Waals surface area contributed by atoms with Gasteiger partial charge in [0.2, 0.25) is 0 Å². The number of carbonyl (C=O) groups is 1. The largest absolute Gasteiger partial charge is 0.484 e. The Labute approximate surface area is 186 Å². The van der Waals surface area contributed by atoms with E-state index < -0.39 is 5.60 Å². The minimum atomic E-state index is -1.09. The molecule has 7 nitrogen and oxygen atoms in total. The predicted molar refractivity (Wildman–Crippen MR) is 120 cm³/mol. The van der Waals surface area contributed by atoms with E-state index in [0.717, 1.165) is 0 Å². The van der Waals surface area contributed by atoms with Gasteiger partial charge < -0.3 is 14.7 Å². The highest BCUT2D eigenvalue weighted by Crippen LogP contribution is 2.24. The highest BCUT2D eigenvalue weighted by molar-refractivity contribution is 6.33. The van der Waals surface area contributed by atoms with Crippen LogP contribution in [0.25, 0.3) is 6.08 Å². The first kappa shape index (κ1) is 22.8. The third-order valence-corrected chi connectivity index (χ3v) is 5.65. The molecule has 1 amide bonds. The fourth-order valence-electron chi connectivity index (χ4n) is 3.45. The Morgan fingerprint density at radius 1 is 1.32 bits per heavy atom. The van der Waals surface area contributed by atoms with Crippen LogP contribution in [0.3, 0.4) is 0 Å². The SMILES string of the molecule is C=C/C(Cl)=C\c1ncn(CC2(O)CCN(C(=O)COc3ccccc3)CC2)c(=O)c1C. The van der Waals surface area contributed by atoms with E-state index >= 15 is 0 Å². The quantitative estimate of drug-likeness (QED) is 0.665. The summed E-state index contributed by atoms with van der Waals surface area (Å²) in [5.74, 6) is 0.509. The highest BCUT2D eigenvalue weighted by atomic mass is 35.5. The standard InChI is InChI=1S/C23H26ClN3O4/c1-3-18(24)13-20-17(2)22(29)27(16-25-20)15-23(30)9-11-26(12-10-23)21(28)14-31-19-7-5-4-6-8-19/h3-8,13,16,30H,1,9-12,14-15H2,2H3/b18-13+. The molecule has 31 heavy (non-hydrogen) atoms. The second-order valence-corrected chi connectivity index (χ2v) is 8.06. The summed E-state index contributed by atoms with van der Waals surface area (Å²) in [5.41, 5.74) is -0.419. The Morgan fingerprint density at radius 2 is 2.00 bits per heavy atom. The van der Waals surface area contributed by atoms with Gasteiger partial charge in [-0.15, -0.1) is 0 Å². The molecule has 2 aromatic rings. The molecule has 1 aromatic heterocycles. The summed E-state index contributed by atoms with van der Waals surface area (Å²) in [6.45, 7) is 6.10. The van der Waals surface area contributed by atoms with Gasteiger partial charge in [0.1, 0.15) is 5.75 Å². The maximum atomic E-state index is 12.7. The number of amides is 1. The maximum absolute atomic E-state index is 12.7. The van der Waals surface area contributed by atoms with Crippen LogP contribution >= 0.6 is 11.6 Å². The van der Waals surface area contributed by atoms with Gasteiger partial charge in [0.25, 0.3) is 11.5 Å². The summed E-state index contributed by atoms with van der Waals surface area (Å²) in [4.78, 5) is 31.1. The predicted octanol–water partition coefficient (Wildman–Crippen LogP) is 2.75. The van der Waals surface area contributed by atoms with Crippen molar-refractivity contribution in [2.24, 2.45) is 0 Å². The van der Waals surface area contributed by atoms with E-state index in [1.54, 1.807) is 30.0 Å². The summed E-state index contributed by atoms with van der Waals surface area (Å²) in [7, 11) is 0. The number of likely N-dealkylation sites (tertiary alicyclic amines) is 1. The number of aromatic nitrogens is 2. The molecule has 3 rings (SSSR count). The zero-order chi connectivity index (χ0) is 22.4. The molecule has 0 atom stereocenters. The molecule has 8 heteroatoms. The van der Waals surface area contributed by atoms with Gasteiger partial charge in [-0.05, 0) is 38.0 Å². The Hall–Kier alpha value is -2.90. The number of para-hydroxylation sites is 1. The van der Waals surface area contributed by atoms with Crippen LogP contribution in [0, 0.1) is 6.92 Å². The van der Waals surface area contributed by atoms with Crippen LogP contribution in [0.5, 0.6) is 5.75 Å². The smallest absolute Gasteiger partial charge is 0.260 e. The summed E-state index contributed by atoms with van der Waals surface area (Å²) in [5, 5.41) is 11.4. The second kappa shape index (κ2) is 9.94. The summed E-state index contributed by atoms with van der Waals surface area (Å²) < 4.78 is 6.92. The lowest BCUT2D eigenvalue weighted by Gasteiger charge is -2.38. The molecule has 1 aromatic carbocycles. The molecule has 0 bridgehead atoms. The molecule has 0 aliphatic carbocycles. The van der Waals surface area contributed by atoms with Gasteiger partial charge in [-0.2, -0.15) is 0 Å². The first-order chi connectivity index (χ1) is 14.8. The molecular formula is C23H26ClN3O4. The molecule has 0 spiro atoms. The van der Waals surface area contributed by atoms with Crippen molar-refractivity contribution in [3.05, 3.63) is 76.0 Å². The van der Waals surface area contributed by atoms with Gasteiger partial charge in [-0.3, -0.25) is 14.2 Å². The average Bonchev–Trinajstić information content (AvgIpc) is 2.78. The number of ether oxygens (including phenoxy) is 1. The first-order valence-electron chi connectivity index (χ1n) is 10.0. The van der Waals surface area contributed by atoms with Crippen LogP contribution in [0.2, 0.25) is 0 Å². The molecule has 1 N–H and O–H groups in total. The molecule has 2 heterocycles. The molecule has 164 valence electrons. The lowest BCUT2D eigenvalue weighted by Crippen LogP contribution is -2.50. The third-order valence-electron chi connectivity index (χ3n) is 5.39.